The lowest BCUT2D eigenvalue weighted by Gasteiger charge is -2.14. The Bertz CT molecular complexity index is 81.8. The third-order valence-electron chi connectivity index (χ3n) is 1.71. The third kappa shape index (κ3) is 2.09. The largest absolute Gasteiger partial charge is 0.377 e. The zero-order valence-electron chi connectivity index (χ0n) is 6.29. The average molecular weight is 168 g/mol. The fourth-order valence-corrected chi connectivity index (χ4v) is 1.10. The number of rotatable bonds is 2. The first-order chi connectivity index (χ1) is 4.38. The zero-order valence-corrected chi connectivity index (χ0v) is 7.11. The van der Waals surface area contributed by atoms with Crippen LogP contribution >= 0.6 is 12.4 Å². The van der Waals surface area contributed by atoms with E-state index in [1.54, 1.807) is 14.2 Å². The fraction of sp³-hybridized carbons (Fsp3) is 1.00. The van der Waals surface area contributed by atoms with Crippen LogP contribution in [0.1, 0.15) is 0 Å². The lowest BCUT2D eigenvalue weighted by Crippen LogP contribution is -2.27. The van der Waals surface area contributed by atoms with Crippen LogP contribution in [0.2, 0.25) is 0 Å². The second kappa shape index (κ2) is 4.91. The van der Waals surface area contributed by atoms with E-state index in [0.29, 0.717) is 0 Å². The van der Waals surface area contributed by atoms with E-state index in [9.17, 15) is 0 Å². The maximum Gasteiger partial charge on any atom is 0.0969 e. The Kier molecular flexibility index (Phi) is 4.99. The van der Waals surface area contributed by atoms with Gasteiger partial charge in [-0.05, 0) is 0 Å². The van der Waals surface area contributed by atoms with Crippen LogP contribution in [-0.2, 0) is 9.47 Å². The molecule has 0 unspecified atom stereocenters. The van der Waals surface area contributed by atoms with Gasteiger partial charge in [0.25, 0.3) is 0 Å². The number of methoxy groups -OCH3 is 2. The molecule has 1 saturated heterocycles. The normalized spacial score (nSPS) is 31.8. The summed E-state index contributed by atoms with van der Waals surface area (Å²) in [5.74, 6) is 0. The van der Waals surface area contributed by atoms with Crippen molar-refractivity contribution in [3.63, 3.8) is 0 Å². The number of hydrogen-bond donors (Lipinski definition) is 1. The third-order valence-corrected chi connectivity index (χ3v) is 1.71. The monoisotopic (exact) mass is 167 g/mol. The molecule has 1 N–H and O–H groups in total. The van der Waals surface area contributed by atoms with Gasteiger partial charge in [0.1, 0.15) is 0 Å². The van der Waals surface area contributed by atoms with Crippen LogP contribution in [0.15, 0.2) is 0 Å². The van der Waals surface area contributed by atoms with Crippen LogP contribution in [-0.4, -0.2) is 39.5 Å². The fourth-order valence-electron chi connectivity index (χ4n) is 1.10. The average Bonchev–Trinajstić information content (AvgIpc) is 2.33. The van der Waals surface area contributed by atoms with E-state index in [0.717, 1.165) is 13.1 Å². The van der Waals surface area contributed by atoms with Crippen LogP contribution in [0.4, 0.5) is 0 Å². The number of hydrogen-bond acceptors (Lipinski definition) is 3. The molecule has 0 aliphatic carbocycles. The highest BCUT2D eigenvalue weighted by atomic mass is 35.5. The topological polar surface area (TPSA) is 30.5 Å². The smallest absolute Gasteiger partial charge is 0.0969 e. The maximum absolute atomic E-state index is 5.13. The molecule has 1 rings (SSSR count). The highest BCUT2D eigenvalue weighted by Crippen LogP contribution is 2.05. The van der Waals surface area contributed by atoms with Gasteiger partial charge in [-0.1, -0.05) is 0 Å². The quantitative estimate of drug-likeness (QED) is 0.630. The van der Waals surface area contributed by atoms with Crippen LogP contribution in [0, 0.1) is 0 Å². The van der Waals surface area contributed by atoms with Crippen molar-refractivity contribution in [1.29, 1.82) is 0 Å². The summed E-state index contributed by atoms with van der Waals surface area (Å²) >= 11 is 0. The van der Waals surface area contributed by atoms with Crippen LogP contribution < -0.4 is 5.32 Å². The van der Waals surface area contributed by atoms with Gasteiger partial charge in [-0.3, -0.25) is 0 Å². The first-order valence-electron chi connectivity index (χ1n) is 3.14. The summed E-state index contributed by atoms with van der Waals surface area (Å²) in [6.07, 6.45) is 0.491. The number of nitrogens with one attached hydrogen (secondary N) is 1. The highest BCUT2D eigenvalue weighted by molar-refractivity contribution is 5.85. The van der Waals surface area contributed by atoms with E-state index in [-0.39, 0.29) is 24.6 Å². The summed E-state index contributed by atoms with van der Waals surface area (Å²) in [4.78, 5) is 0. The molecule has 0 aromatic heterocycles. The van der Waals surface area contributed by atoms with Gasteiger partial charge < -0.3 is 14.8 Å². The summed E-state index contributed by atoms with van der Waals surface area (Å²) in [6, 6.07) is 0. The summed E-state index contributed by atoms with van der Waals surface area (Å²) in [5.41, 5.74) is 0. The van der Waals surface area contributed by atoms with Gasteiger partial charge in [0.05, 0.1) is 12.2 Å². The summed E-state index contributed by atoms with van der Waals surface area (Å²) in [6.45, 7) is 1.82. The molecule has 1 heterocycles. The van der Waals surface area contributed by atoms with Crippen LogP contribution in [0.5, 0.6) is 0 Å². The van der Waals surface area contributed by atoms with Crippen molar-refractivity contribution in [2.24, 2.45) is 0 Å². The Hall–Kier alpha value is 0.170. The molecule has 0 aromatic carbocycles. The standard InChI is InChI=1S/C6H13NO2.ClH/c1-8-5-3-7-4-6(5)9-2;/h5-7H,3-4H2,1-2H3;1H/t5-,6-;/m0./s1. The van der Waals surface area contributed by atoms with E-state index < -0.39 is 0 Å². The van der Waals surface area contributed by atoms with Crippen LogP contribution in [0.3, 0.4) is 0 Å². The Labute approximate surface area is 67.5 Å². The van der Waals surface area contributed by atoms with Gasteiger partial charge >= 0.3 is 0 Å². The predicted molar refractivity (Wildman–Crippen MR) is 41.7 cm³/mol. The molecule has 10 heavy (non-hydrogen) atoms. The molecule has 0 saturated carbocycles. The van der Waals surface area contributed by atoms with E-state index in [2.05, 4.69) is 5.32 Å². The highest BCUT2D eigenvalue weighted by Gasteiger charge is 2.25. The van der Waals surface area contributed by atoms with E-state index >= 15 is 0 Å². The first-order valence-corrected chi connectivity index (χ1v) is 3.14. The molecule has 0 aromatic rings. The summed E-state index contributed by atoms with van der Waals surface area (Å²) < 4.78 is 10.3. The first kappa shape index (κ1) is 10.2. The Morgan fingerprint density at radius 2 is 1.50 bits per heavy atom. The van der Waals surface area contributed by atoms with E-state index in [4.69, 9.17) is 9.47 Å². The minimum Gasteiger partial charge on any atom is -0.377 e. The van der Waals surface area contributed by atoms with Gasteiger partial charge in [-0.15, -0.1) is 12.4 Å². The molecule has 4 heteroatoms. The Morgan fingerprint density at radius 1 is 1.10 bits per heavy atom. The second-order valence-corrected chi connectivity index (χ2v) is 2.21. The van der Waals surface area contributed by atoms with Crippen molar-refractivity contribution in [2.75, 3.05) is 27.3 Å². The van der Waals surface area contributed by atoms with Gasteiger partial charge in [-0.2, -0.15) is 0 Å². The molecule has 62 valence electrons. The Balaban J connectivity index is 0.000000810. The van der Waals surface area contributed by atoms with Gasteiger partial charge in [0.15, 0.2) is 0 Å². The molecule has 0 amide bonds. The van der Waals surface area contributed by atoms with E-state index in [1.807, 2.05) is 0 Å². The minimum absolute atomic E-state index is 0. The van der Waals surface area contributed by atoms with Gasteiger partial charge in [0, 0.05) is 27.3 Å². The molecule has 0 radical (unpaired) electrons. The van der Waals surface area contributed by atoms with Crippen molar-refractivity contribution in [1.82, 2.24) is 5.32 Å². The molecule has 2 atom stereocenters. The predicted octanol–water partition coefficient (Wildman–Crippen LogP) is 0.0414. The molecule has 1 aliphatic heterocycles. The number of halogens is 1. The molecule has 1 aliphatic rings. The zero-order chi connectivity index (χ0) is 6.69. The molecular weight excluding hydrogens is 154 g/mol. The van der Waals surface area contributed by atoms with Crippen molar-refractivity contribution in [3.8, 4) is 0 Å². The van der Waals surface area contributed by atoms with E-state index in [1.165, 1.54) is 0 Å². The summed E-state index contributed by atoms with van der Waals surface area (Å²) in [7, 11) is 3.42. The lowest BCUT2D eigenvalue weighted by atomic mass is 10.3. The second-order valence-electron chi connectivity index (χ2n) is 2.21. The van der Waals surface area contributed by atoms with Gasteiger partial charge in [0.2, 0.25) is 0 Å². The molecule has 0 spiro atoms. The lowest BCUT2D eigenvalue weighted by molar-refractivity contribution is -0.00461. The molecular formula is C6H14ClNO2. The van der Waals surface area contributed by atoms with Crippen molar-refractivity contribution < 1.29 is 9.47 Å². The SMILES string of the molecule is CO[C@H]1CNC[C@@H]1OC.Cl. The number of ether oxygens (including phenoxy) is 2. The van der Waals surface area contributed by atoms with Gasteiger partial charge in [-0.25, -0.2) is 0 Å². The molecule has 3 nitrogen and oxygen atoms in total. The molecule has 0 bridgehead atoms. The molecule has 1 fully saturated rings. The summed E-state index contributed by atoms with van der Waals surface area (Å²) in [5, 5.41) is 3.17. The van der Waals surface area contributed by atoms with Crippen molar-refractivity contribution >= 4 is 12.4 Å². The van der Waals surface area contributed by atoms with Crippen molar-refractivity contribution in [3.05, 3.63) is 0 Å². The maximum atomic E-state index is 5.13. The van der Waals surface area contributed by atoms with Crippen LogP contribution in [0.25, 0.3) is 0 Å². The Morgan fingerprint density at radius 3 is 1.80 bits per heavy atom. The van der Waals surface area contributed by atoms with Crippen molar-refractivity contribution in [2.45, 2.75) is 12.2 Å². The minimum atomic E-state index is 0.